The molecule has 0 saturated carbocycles. The summed E-state index contributed by atoms with van der Waals surface area (Å²) in [6, 6.07) is 8.03. The number of aromatic nitrogens is 2. The summed E-state index contributed by atoms with van der Waals surface area (Å²) >= 11 is 0. The van der Waals surface area contributed by atoms with Crippen molar-refractivity contribution < 1.29 is 14.7 Å². The molecule has 2 aromatic rings. The van der Waals surface area contributed by atoms with Gasteiger partial charge in [-0.2, -0.15) is 5.10 Å². The van der Waals surface area contributed by atoms with Crippen molar-refractivity contribution in [3.05, 3.63) is 47.8 Å². The van der Waals surface area contributed by atoms with Crippen LogP contribution in [0.5, 0.6) is 0 Å². The number of nitrogens with zero attached hydrogens (tertiary/aromatic N) is 2. The van der Waals surface area contributed by atoms with Crippen molar-refractivity contribution >= 4 is 11.8 Å². The fraction of sp³-hybridized carbons (Fsp3) is 0.0833. The van der Waals surface area contributed by atoms with Crippen LogP contribution in [0, 0.1) is 0 Å². The Morgan fingerprint density at radius 2 is 1.82 bits per heavy atom. The van der Waals surface area contributed by atoms with Crippen LogP contribution in [0.2, 0.25) is 0 Å². The first-order valence-corrected chi connectivity index (χ1v) is 4.98. The van der Waals surface area contributed by atoms with Gasteiger partial charge in [0.1, 0.15) is 0 Å². The van der Waals surface area contributed by atoms with Gasteiger partial charge < -0.3 is 5.11 Å². The second-order valence-electron chi connectivity index (χ2n) is 3.54. The quantitative estimate of drug-likeness (QED) is 0.815. The monoisotopic (exact) mass is 230 g/mol. The highest BCUT2D eigenvalue weighted by Gasteiger charge is 2.11. The van der Waals surface area contributed by atoms with Gasteiger partial charge in [-0.05, 0) is 37.3 Å². The fourth-order valence-electron chi connectivity index (χ4n) is 1.51. The normalized spacial score (nSPS) is 10.2. The summed E-state index contributed by atoms with van der Waals surface area (Å²) in [6.07, 6.45) is 1.42. The molecule has 0 amide bonds. The van der Waals surface area contributed by atoms with Crippen molar-refractivity contribution in [2.24, 2.45) is 0 Å². The van der Waals surface area contributed by atoms with Crippen LogP contribution in [0.4, 0.5) is 0 Å². The number of hydrogen-bond donors (Lipinski definition) is 1. The smallest absolute Gasteiger partial charge is 0.354 e. The van der Waals surface area contributed by atoms with Gasteiger partial charge in [-0.1, -0.05) is 0 Å². The van der Waals surface area contributed by atoms with Gasteiger partial charge in [-0.25, -0.2) is 9.48 Å². The van der Waals surface area contributed by atoms with E-state index in [-0.39, 0.29) is 11.5 Å². The predicted molar refractivity (Wildman–Crippen MR) is 60.5 cm³/mol. The minimum atomic E-state index is -1.04. The van der Waals surface area contributed by atoms with Gasteiger partial charge >= 0.3 is 5.97 Å². The van der Waals surface area contributed by atoms with Crippen molar-refractivity contribution in [3.63, 3.8) is 0 Å². The number of aromatic carboxylic acids is 1. The van der Waals surface area contributed by atoms with Gasteiger partial charge in [0.15, 0.2) is 11.5 Å². The first-order valence-electron chi connectivity index (χ1n) is 4.98. The van der Waals surface area contributed by atoms with Crippen LogP contribution < -0.4 is 0 Å². The first-order chi connectivity index (χ1) is 8.09. The molecule has 1 N–H and O–H groups in total. The Balaban J connectivity index is 2.43. The van der Waals surface area contributed by atoms with Gasteiger partial charge in [0.2, 0.25) is 0 Å². The number of hydrogen-bond acceptors (Lipinski definition) is 3. The summed E-state index contributed by atoms with van der Waals surface area (Å²) in [5.41, 5.74) is 1.27. The highest BCUT2D eigenvalue weighted by molar-refractivity contribution is 5.94. The molecule has 0 unspecified atom stereocenters. The largest absolute Gasteiger partial charge is 0.477 e. The van der Waals surface area contributed by atoms with Crippen molar-refractivity contribution in [1.29, 1.82) is 0 Å². The molecule has 1 aromatic carbocycles. The first kappa shape index (κ1) is 11.1. The lowest BCUT2D eigenvalue weighted by atomic mass is 10.1. The number of rotatable bonds is 3. The molecule has 5 heteroatoms. The Morgan fingerprint density at radius 1 is 1.18 bits per heavy atom. The molecule has 0 aliphatic heterocycles. The van der Waals surface area contributed by atoms with Crippen LogP contribution in [-0.4, -0.2) is 26.6 Å². The Morgan fingerprint density at radius 3 is 2.35 bits per heavy atom. The minimum absolute atomic E-state index is 0.0320. The summed E-state index contributed by atoms with van der Waals surface area (Å²) in [6.45, 7) is 1.48. The standard InChI is InChI=1S/C12H10N2O3/c1-8(15)9-2-4-10(5-3-9)14-11(12(16)17)6-7-13-14/h2-7H,1H3,(H,16,17). The van der Waals surface area contributed by atoms with E-state index in [1.807, 2.05) is 0 Å². The van der Waals surface area contributed by atoms with Gasteiger partial charge in [0.25, 0.3) is 0 Å². The Hall–Kier alpha value is -2.43. The second-order valence-corrected chi connectivity index (χ2v) is 3.54. The Labute approximate surface area is 97.3 Å². The molecule has 0 atom stereocenters. The summed E-state index contributed by atoms with van der Waals surface area (Å²) in [5, 5.41) is 12.9. The van der Waals surface area contributed by atoms with Crippen LogP contribution in [0.15, 0.2) is 36.5 Å². The van der Waals surface area contributed by atoms with E-state index in [0.29, 0.717) is 11.3 Å². The van der Waals surface area contributed by atoms with E-state index in [1.165, 1.54) is 23.9 Å². The van der Waals surface area contributed by atoms with Crippen molar-refractivity contribution in [3.8, 4) is 5.69 Å². The van der Waals surface area contributed by atoms with Crippen molar-refractivity contribution in [2.75, 3.05) is 0 Å². The van der Waals surface area contributed by atoms with Gasteiger partial charge in [-0.15, -0.1) is 0 Å². The maximum atomic E-state index is 11.1. The molecule has 0 radical (unpaired) electrons. The Bertz CT molecular complexity index is 570. The molecule has 0 aliphatic carbocycles. The number of ketones is 1. The molecule has 5 nitrogen and oxygen atoms in total. The molecule has 1 aromatic heterocycles. The third kappa shape index (κ3) is 2.08. The second kappa shape index (κ2) is 4.21. The molecule has 0 saturated heterocycles. The van der Waals surface area contributed by atoms with E-state index < -0.39 is 5.97 Å². The van der Waals surface area contributed by atoms with Crippen molar-refractivity contribution in [1.82, 2.24) is 9.78 Å². The van der Waals surface area contributed by atoms with E-state index in [2.05, 4.69) is 5.10 Å². The molecular weight excluding hydrogens is 220 g/mol. The molecule has 0 bridgehead atoms. The van der Waals surface area contributed by atoms with Crippen LogP contribution in [0.1, 0.15) is 27.8 Å². The molecule has 17 heavy (non-hydrogen) atoms. The minimum Gasteiger partial charge on any atom is -0.477 e. The maximum absolute atomic E-state index is 11.1. The summed E-state index contributed by atoms with van der Waals surface area (Å²) in [7, 11) is 0. The average molecular weight is 230 g/mol. The number of carbonyl (C=O) groups excluding carboxylic acids is 1. The zero-order valence-corrected chi connectivity index (χ0v) is 9.12. The van der Waals surface area contributed by atoms with E-state index in [9.17, 15) is 9.59 Å². The topological polar surface area (TPSA) is 72.2 Å². The van der Waals surface area contributed by atoms with Crippen LogP contribution in [0.25, 0.3) is 5.69 Å². The van der Waals surface area contributed by atoms with Gasteiger partial charge in [-0.3, -0.25) is 4.79 Å². The van der Waals surface area contributed by atoms with Crippen LogP contribution in [-0.2, 0) is 0 Å². The molecule has 2 rings (SSSR count). The predicted octanol–water partition coefficient (Wildman–Crippen LogP) is 1.77. The number of carboxylic acids is 1. The molecule has 0 aliphatic rings. The van der Waals surface area contributed by atoms with Crippen molar-refractivity contribution in [2.45, 2.75) is 6.92 Å². The number of benzene rings is 1. The summed E-state index contributed by atoms with van der Waals surface area (Å²) < 4.78 is 1.31. The lowest BCUT2D eigenvalue weighted by Gasteiger charge is -2.04. The highest BCUT2D eigenvalue weighted by atomic mass is 16.4. The molecule has 86 valence electrons. The van der Waals surface area contributed by atoms with E-state index in [1.54, 1.807) is 24.3 Å². The summed E-state index contributed by atoms with van der Waals surface area (Å²) in [5.74, 6) is -1.08. The SMILES string of the molecule is CC(=O)c1ccc(-n2nccc2C(=O)O)cc1. The molecule has 1 heterocycles. The number of carboxylic acid groups (broad SMARTS) is 1. The van der Waals surface area contributed by atoms with Crippen LogP contribution in [0.3, 0.4) is 0 Å². The third-order valence-corrected chi connectivity index (χ3v) is 2.38. The highest BCUT2D eigenvalue weighted by Crippen LogP contribution is 2.12. The van der Waals surface area contributed by atoms with E-state index in [0.717, 1.165) is 0 Å². The lowest BCUT2D eigenvalue weighted by Crippen LogP contribution is -2.08. The third-order valence-electron chi connectivity index (χ3n) is 2.38. The average Bonchev–Trinajstić information content (AvgIpc) is 2.78. The molecule has 0 fully saturated rings. The van der Waals surface area contributed by atoms with Gasteiger partial charge in [0, 0.05) is 5.56 Å². The maximum Gasteiger partial charge on any atom is 0.354 e. The fourth-order valence-corrected chi connectivity index (χ4v) is 1.51. The van der Waals surface area contributed by atoms with Crippen LogP contribution >= 0.6 is 0 Å². The molecular formula is C12H10N2O3. The lowest BCUT2D eigenvalue weighted by molar-refractivity contribution is 0.0686. The van der Waals surface area contributed by atoms with Gasteiger partial charge in [0.05, 0.1) is 11.9 Å². The summed E-state index contributed by atoms with van der Waals surface area (Å²) in [4.78, 5) is 22.0. The molecule has 0 spiro atoms. The van der Waals surface area contributed by atoms with E-state index in [4.69, 9.17) is 5.11 Å². The number of carbonyl (C=O) groups is 2. The zero-order valence-electron chi connectivity index (χ0n) is 9.12. The number of Topliss-reactive ketones (excluding diaryl/α,β-unsaturated/α-hetero) is 1. The Kier molecular flexibility index (Phi) is 2.74. The zero-order chi connectivity index (χ0) is 12.4. The van der Waals surface area contributed by atoms with E-state index >= 15 is 0 Å².